The molecule has 0 radical (unpaired) electrons. The van der Waals surface area contributed by atoms with E-state index in [0.29, 0.717) is 25.1 Å². The van der Waals surface area contributed by atoms with Crippen LogP contribution in [0.3, 0.4) is 0 Å². The second kappa shape index (κ2) is 6.02. The van der Waals surface area contributed by atoms with Crippen LogP contribution in [0.2, 0.25) is 0 Å². The highest BCUT2D eigenvalue weighted by Gasteiger charge is 2.38. The molecule has 0 aliphatic carbocycles. The van der Waals surface area contributed by atoms with Crippen LogP contribution in [-0.2, 0) is 11.8 Å². The number of aromatic nitrogens is 2. The summed E-state index contributed by atoms with van der Waals surface area (Å²) in [6, 6.07) is 6.01. The van der Waals surface area contributed by atoms with Crippen molar-refractivity contribution in [3.05, 3.63) is 41.7 Å². The molecule has 0 saturated carbocycles. The van der Waals surface area contributed by atoms with Crippen molar-refractivity contribution in [2.75, 3.05) is 19.6 Å². The number of carbonyl (C=O) groups is 2. The fourth-order valence-electron chi connectivity index (χ4n) is 3.68. The minimum absolute atomic E-state index is 0.0352. The number of hydrogen-bond acceptors (Lipinski definition) is 3. The number of nitrogens with zero attached hydrogens (tertiary/aromatic N) is 4. The molecule has 1 aromatic heterocycles. The maximum atomic E-state index is 12.8. The van der Waals surface area contributed by atoms with E-state index in [1.165, 1.54) is 0 Å². The number of benzene rings is 1. The first-order valence-electron chi connectivity index (χ1n) is 8.71. The first-order valence-corrected chi connectivity index (χ1v) is 8.71. The van der Waals surface area contributed by atoms with Crippen LogP contribution in [-0.4, -0.2) is 57.1 Å². The number of hydrogen-bond donors (Lipinski definition) is 0. The lowest BCUT2D eigenvalue weighted by molar-refractivity contribution is -0.132. The Morgan fingerprint density at radius 2 is 2.08 bits per heavy atom. The minimum atomic E-state index is 0.0352. The van der Waals surface area contributed by atoms with Gasteiger partial charge in [-0.1, -0.05) is 6.07 Å². The standard InChI is InChI=1S/C19H22N4O2/c1-13-5-6-14(8-17(13)15-9-20-21(2)10-15)19(25)22-11-16(12-22)23-7-3-4-18(23)24/h5-6,8-10,16H,3-4,7,11-12H2,1-2H3. The van der Waals surface area contributed by atoms with E-state index >= 15 is 0 Å². The molecule has 1 aromatic carbocycles. The summed E-state index contributed by atoms with van der Waals surface area (Å²) in [4.78, 5) is 28.3. The highest BCUT2D eigenvalue weighted by atomic mass is 16.2. The molecule has 0 bridgehead atoms. The normalized spacial score (nSPS) is 17.9. The van der Waals surface area contributed by atoms with E-state index in [4.69, 9.17) is 0 Å². The van der Waals surface area contributed by atoms with Gasteiger partial charge in [0.25, 0.3) is 5.91 Å². The van der Waals surface area contributed by atoms with Crippen molar-refractivity contribution >= 4 is 11.8 Å². The molecule has 0 spiro atoms. The number of carbonyl (C=O) groups excluding carboxylic acids is 2. The third-order valence-corrected chi connectivity index (χ3v) is 5.20. The van der Waals surface area contributed by atoms with Crippen LogP contribution >= 0.6 is 0 Å². The third-order valence-electron chi connectivity index (χ3n) is 5.20. The minimum Gasteiger partial charge on any atom is -0.336 e. The summed E-state index contributed by atoms with van der Waals surface area (Å²) in [6.45, 7) is 4.15. The molecule has 2 aliphatic rings. The number of aryl methyl sites for hydroxylation is 2. The van der Waals surface area contributed by atoms with Gasteiger partial charge in [0.2, 0.25) is 5.91 Å². The van der Waals surface area contributed by atoms with Gasteiger partial charge in [-0.25, -0.2) is 0 Å². The molecular weight excluding hydrogens is 316 g/mol. The summed E-state index contributed by atoms with van der Waals surface area (Å²) >= 11 is 0. The van der Waals surface area contributed by atoms with Crippen molar-refractivity contribution in [1.29, 1.82) is 0 Å². The van der Waals surface area contributed by atoms with Crippen LogP contribution in [0.15, 0.2) is 30.6 Å². The van der Waals surface area contributed by atoms with Gasteiger partial charge in [-0.05, 0) is 36.6 Å². The summed E-state index contributed by atoms with van der Waals surface area (Å²) in [5.41, 5.74) is 3.86. The molecule has 0 atom stereocenters. The van der Waals surface area contributed by atoms with E-state index in [2.05, 4.69) is 5.10 Å². The van der Waals surface area contributed by atoms with Crippen molar-refractivity contribution in [3.8, 4) is 11.1 Å². The lowest BCUT2D eigenvalue weighted by atomic mass is 9.98. The summed E-state index contributed by atoms with van der Waals surface area (Å²) in [7, 11) is 1.88. The van der Waals surface area contributed by atoms with E-state index in [9.17, 15) is 9.59 Å². The molecule has 2 aromatic rings. The van der Waals surface area contributed by atoms with Crippen LogP contribution in [0.25, 0.3) is 11.1 Å². The summed E-state index contributed by atoms with van der Waals surface area (Å²) < 4.78 is 1.76. The third kappa shape index (κ3) is 2.81. The van der Waals surface area contributed by atoms with Gasteiger partial charge < -0.3 is 9.80 Å². The van der Waals surface area contributed by atoms with Gasteiger partial charge in [0, 0.05) is 50.4 Å². The van der Waals surface area contributed by atoms with Crippen molar-refractivity contribution in [3.63, 3.8) is 0 Å². The number of amides is 2. The van der Waals surface area contributed by atoms with E-state index in [1.54, 1.807) is 4.68 Å². The lowest BCUT2D eigenvalue weighted by Crippen LogP contribution is -2.61. The molecule has 6 heteroatoms. The molecule has 2 amide bonds. The Bertz CT molecular complexity index is 836. The SMILES string of the molecule is Cc1ccc(C(=O)N2CC(N3CCCC3=O)C2)cc1-c1cnn(C)c1. The quantitative estimate of drug-likeness (QED) is 0.858. The smallest absolute Gasteiger partial charge is 0.254 e. The summed E-state index contributed by atoms with van der Waals surface area (Å²) in [6.07, 6.45) is 5.36. The van der Waals surface area contributed by atoms with Crippen molar-refractivity contribution in [2.45, 2.75) is 25.8 Å². The molecule has 4 rings (SSSR count). The Morgan fingerprint density at radius 1 is 1.28 bits per heavy atom. The molecule has 6 nitrogen and oxygen atoms in total. The zero-order valence-corrected chi connectivity index (χ0v) is 14.6. The first kappa shape index (κ1) is 15.9. The molecule has 25 heavy (non-hydrogen) atoms. The topological polar surface area (TPSA) is 58.4 Å². The Hall–Kier alpha value is -2.63. The highest BCUT2D eigenvalue weighted by Crippen LogP contribution is 2.27. The van der Waals surface area contributed by atoms with Gasteiger partial charge in [0.05, 0.1) is 12.2 Å². The van der Waals surface area contributed by atoms with Crippen molar-refractivity contribution in [2.24, 2.45) is 7.05 Å². The average molecular weight is 338 g/mol. The fourth-order valence-corrected chi connectivity index (χ4v) is 3.68. The molecule has 130 valence electrons. The average Bonchev–Trinajstić information content (AvgIpc) is 3.15. The molecule has 2 aliphatic heterocycles. The second-order valence-electron chi connectivity index (χ2n) is 6.99. The molecule has 3 heterocycles. The van der Waals surface area contributed by atoms with Crippen LogP contribution in [0, 0.1) is 6.92 Å². The zero-order valence-electron chi connectivity index (χ0n) is 14.6. The largest absolute Gasteiger partial charge is 0.336 e. The Balaban J connectivity index is 1.49. The highest BCUT2D eigenvalue weighted by molar-refractivity contribution is 5.96. The van der Waals surface area contributed by atoms with Gasteiger partial charge in [-0.15, -0.1) is 0 Å². The molecule has 0 N–H and O–H groups in total. The first-order chi connectivity index (χ1) is 12.0. The van der Waals surface area contributed by atoms with Crippen LogP contribution in [0.4, 0.5) is 0 Å². The van der Waals surface area contributed by atoms with Crippen molar-refractivity contribution < 1.29 is 9.59 Å². The van der Waals surface area contributed by atoms with E-state index < -0.39 is 0 Å². The Kier molecular flexibility index (Phi) is 3.82. The van der Waals surface area contributed by atoms with Crippen LogP contribution in [0.5, 0.6) is 0 Å². The molecule has 2 saturated heterocycles. The lowest BCUT2D eigenvalue weighted by Gasteiger charge is -2.44. The fraction of sp³-hybridized carbons (Fsp3) is 0.421. The number of likely N-dealkylation sites (tertiary alicyclic amines) is 2. The molecule has 2 fully saturated rings. The maximum Gasteiger partial charge on any atom is 0.254 e. The molecular formula is C19H22N4O2. The zero-order chi connectivity index (χ0) is 17.6. The van der Waals surface area contributed by atoms with E-state index in [0.717, 1.165) is 29.7 Å². The van der Waals surface area contributed by atoms with Gasteiger partial charge in [0.1, 0.15) is 0 Å². The number of rotatable bonds is 3. The van der Waals surface area contributed by atoms with Gasteiger partial charge >= 0.3 is 0 Å². The summed E-state index contributed by atoms with van der Waals surface area (Å²) in [5.74, 6) is 0.263. The Morgan fingerprint density at radius 3 is 2.72 bits per heavy atom. The van der Waals surface area contributed by atoms with Crippen LogP contribution in [0.1, 0.15) is 28.8 Å². The predicted molar refractivity (Wildman–Crippen MR) is 94.0 cm³/mol. The van der Waals surface area contributed by atoms with Crippen LogP contribution < -0.4 is 0 Å². The second-order valence-corrected chi connectivity index (χ2v) is 6.99. The van der Waals surface area contributed by atoms with Gasteiger partial charge in [0.15, 0.2) is 0 Å². The van der Waals surface area contributed by atoms with Gasteiger partial charge in [-0.3, -0.25) is 14.3 Å². The predicted octanol–water partition coefficient (Wildman–Crippen LogP) is 1.84. The van der Waals surface area contributed by atoms with E-state index in [-0.39, 0.29) is 17.9 Å². The van der Waals surface area contributed by atoms with E-state index in [1.807, 2.05) is 54.4 Å². The maximum absolute atomic E-state index is 12.8. The summed E-state index contributed by atoms with van der Waals surface area (Å²) in [5, 5.41) is 4.22. The van der Waals surface area contributed by atoms with Crippen molar-refractivity contribution in [1.82, 2.24) is 19.6 Å². The van der Waals surface area contributed by atoms with Gasteiger partial charge in [-0.2, -0.15) is 5.10 Å². The Labute approximate surface area is 147 Å². The monoisotopic (exact) mass is 338 g/mol. The molecule has 0 unspecified atom stereocenters.